The smallest absolute Gasteiger partial charge is 0.136 e. The number of anilines is 3. The number of hydrogen-bond acceptors (Lipinski definition) is 2. The first-order valence-corrected chi connectivity index (χ1v) is 18.5. The molecule has 0 aliphatic heterocycles. The topological polar surface area (TPSA) is 16.4 Å². The van der Waals surface area contributed by atoms with Gasteiger partial charge in [0.1, 0.15) is 11.2 Å². The molecule has 0 aliphatic rings. The Bertz CT molecular complexity index is 3210. The zero-order valence-electron chi connectivity index (χ0n) is 29.4. The molecule has 11 aromatic rings. The molecule has 0 atom stereocenters. The van der Waals surface area contributed by atoms with E-state index in [1.165, 1.54) is 54.2 Å². The summed E-state index contributed by atoms with van der Waals surface area (Å²) in [6.07, 6.45) is 0. The lowest BCUT2D eigenvalue weighted by molar-refractivity contribution is 0.669. The highest BCUT2D eigenvalue weighted by Gasteiger charge is 2.22. The van der Waals surface area contributed by atoms with Gasteiger partial charge in [-0.05, 0) is 109 Å². The van der Waals surface area contributed by atoms with Gasteiger partial charge in [-0.1, -0.05) is 146 Å². The van der Waals surface area contributed by atoms with Crippen molar-refractivity contribution >= 4 is 82.1 Å². The summed E-state index contributed by atoms with van der Waals surface area (Å²) in [5.74, 6) is 0. The van der Waals surface area contributed by atoms with Gasteiger partial charge in [-0.3, -0.25) is 0 Å². The van der Waals surface area contributed by atoms with Crippen LogP contribution >= 0.6 is 0 Å². The van der Waals surface area contributed by atoms with Crippen LogP contribution in [0.25, 0.3) is 87.3 Å². The van der Waals surface area contributed by atoms with Crippen molar-refractivity contribution in [1.82, 2.24) is 0 Å². The van der Waals surface area contributed by atoms with Crippen molar-refractivity contribution in [1.29, 1.82) is 0 Å². The van der Waals surface area contributed by atoms with Crippen LogP contribution in [0.3, 0.4) is 0 Å². The minimum absolute atomic E-state index is 0.903. The molecule has 0 radical (unpaired) electrons. The van der Waals surface area contributed by atoms with Crippen molar-refractivity contribution in [2.75, 3.05) is 4.90 Å². The fraction of sp³-hybridized carbons (Fsp3) is 0. The van der Waals surface area contributed by atoms with Crippen LogP contribution in [0, 0.1) is 0 Å². The summed E-state index contributed by atoms with van der Waals surface area (Å²) in [5, 5.41) is 12.0. The normalized spacial score (nSPS) is 11.7. The summed E-state index contributed by atoms with van der Waals surface area (Å²) < 4.78 is 6.34. The van der Waals surface area contributed by atoms with Gasteiger partial charge >= 0.3 is 0 Å². The van der Waals surface area contributed by atoms with Gasteiger partial charge < -0.3 is 9.32 Å². The van der Waals surface area contributed by atoms with E-state index < -0.39 is 0 Å². The van der Waals surface area contributed by atoms with Crippen LogP contribution in [0.2, 0.25) is 0 Å². The van der Waals surface area contributed by atoms with Crippen molar-refractivity contribution in [2.24, 2.45) is 0 Å². The molecule has 0 amide bonds. The number of furan rings is 1. The number of nitrogens with zero attached hydrogens (tertiary/aromatic N) is 1. The zero-order valence-corrected chi connectivity index (χ0v) is 29.4. The van der Waals surface area contributed by atoms with Gasteiger partial charge in [0.05, 0.1) is 11.4 Å². The lowest BCUT2D eigenvalue weighted by Gasteiger charge is -2.30. The van der Waals surface area contributed by atoms with Gasteiger partial charge in [-0.15, -0.1) is 0 Å². The summed E-state index contributed by atoms with van der Waals surface area (Å²) in [5.41, 5.74) is 9.85. The van der Waals surface area contributed by atoms with E-state index >= 15 is 0 Å². The van der Waals surface area contributed by atoms with E-state index in [9.17, 15) is 0 Å². The van der Waals surface area contributed by atoms with Crippen LogP contribution in [0.5, 0.6) is 0 Å². The molecule has 0 N–H and O–H groups in total. The zero-order chi connectivity index (χ0) is 35.6. The van der Waals surface area contributed by atoms with E-state index in [-0.39, 0.29) is 0 Å². The van der Waals surface area contributed by atoms with Crippen LogP contribution < -0.4 is 4.90 Å². The third-order valence-corrected chi connectivity index (χ3v) is 11.0. The van der Waals surface area contributed by atoms with Gasteiger partial charge in [0.2, 0.25) is 0 Å². The number of rotatable bonds is 5. The Labute approximate surface area is 312 Å². The van der Waals surface area contributed by atoms with Gasteiger partial charge in [0.25, 0.3) is 0 Å². The first-order valence-electron chi connectivity index (χ1n) is 18.5. The summed E-state index contributed by atoms with van der Waals surface area (Å²) in [7, 11) is 0. The van der Waals surface area contributed by atoms with Crippen molar-refractivity contribution in [2.45, 2.75) is 0 Å². The summed E-state index contributed by atoms with van der Waals surface area (Å²) in [4.78, 5) is 2.46. The molecule has 10 aromatic carbocycles. The number of fused-ring (bicyclic) bond motifs is 8. The van der Waals surface area contributed by atoms with Crippen molar-refractivity contribution in [3.05, 3.63) is 200 Å². The molecule has 0 saturated heterocycles. The third kappa shape index (κ3) is 4.96. The first-order chi connectivity index (χ1) is 26.7. The van der Waals surface area contributed by atoms with E-state index in [0.717, 1.165) is 50.1 Å². The standard InChI is InChI=1S/C52H33NO/c1-2-12-35(13-3-1)46-28-36-14-4-6-16-38(36)31-50(46)53(49-32-41-18-8-9-19-43(41)44-20-10-11-21-45(44)49)42-25-22-34(23-26-42)40-24-27-51-47(30-40)48-29-37-15-5-7-17-39(37)33-52(48)54-51/h1-33H. The monoisotopic (exact) mass is 687 g/mol. The molecule has 11 rings (SSSR count). The average Bonchev–Trinajstić information content (AvgIpc) is 3.60. The van der Waals surface area contributed by atoms with Crippen LogP contribution in [0.15, 0.2) is 205 Å². The van der Waals surface area contributed by atoms with Crippen LogP contribution in [0.4, 0.5) is 17.1 Å². The van der Waals surface area contributed by atoms with Crippen LogP contribution in [0.1, 0.15) is 0 Å². The Morgan fingerprint density at radius 3 is 1.61 bits per heavy atom. The Hall–Kier alpha value is -7.16. The molecule has 1 aromatic heterocycles. The average molecular weight is 688 g/mol. The predicted octanol–water partition coefficient (Wildman–Crippen LogP) is 15.0. The first kappa shape index (κ1) is 30.5. The number of benzene rings is 10. The van der Waals surface area contributed by atoms with Gasteiger partial charge in [0.15, 0.2) is 0 Å². The SMILES string of the molecule is c1ccc(-c2cc3ccccc3cc2N(c2ccc(-c3ccc4oc5cc6ccccc6cc5c4c3)cc2)c2cc3ccccc3c3ccccc23)cc1. The lowest BCUT2D eigenvalue weighted by Crippen LogP contribution is -2.12. The molecule has 2 heteroatoms. The van der Waals surface area contributed by atoms with E-state index in [4.69, 9.17) is 4.42 Å². The lowest BCUT2D eigenvalue weighted by atomic mass is 9.95. The van der Waals surface area contributed by atoms with Crippen molar-refractivity contribution < 1.29 is 4.42 Å². The van der Waals surface area contributed by atoms with Crippen molar-refractivity contribution in [3.63, 3.8) is 0 Å². The molecule has 0 fully saturated rings. The molecule has 54 heavy (non-hydrogen) atoms. The maximum Gasteiger partial charge on any atom is 0.136 e. The summed E-state index contributed by atoms with van der Waals surface area (Å²) >= 11 is 0. The fourth-order valence-corrected chi connectivity index (χ4v) is 8.33. The highest BCUT2D eigenvalue weighted by atomic mass is 16.3. The minimum atomic E-state index is 0.903. The van der Waals surface area contributed by atoms with Crippen LogP contribution in [-0.4, -0.2) is 0 Å². The highest BCUT2D eigenvalue weighted by Crippen LogP contribution is 2.47. The Morgan fingerprint density at radius 2 is 0.852 bits per heavy atom. The second-order valence-electron chi connectivity index (χ2n) is 14.1. The van der Waals surface area contributed by atoms with Gasteiger partial charge in [-0.25, -0.2) is 0 Å². The molecule has 2 nitrogen and oxygen atoms in total. The van der Waals surface area contributed by atoms with E-state index in [0.29, 0.717) is 0 Å². The second kappa shape index (κ2) is 12.2. The van der Waals surface area contributed by atoms with E-state index in [1.54, 1.807) is 0 Å². The Kier molecular flexibility index (Phi) is 6.90. The molecular formula is C52H33NO. The molecular weight excluding hydrogens is 655 g/mol. The van der Waals surface area contributed by atoms with Gasteiger partial charge in [-0.2, -0.15) is 0 Å². The second-order valence-corrected chi connectivity index (χ2v) is 14.1. The largest absolute Gasteiger partial charge is 0.456 e. The Morgan fingerprint density at radius 1 is 0.296 bits per heavy atom. The minimum Gasteiger partial charge on any atom is -0.456 e. The fourth-order valence-electron chi connectivity index (χ4n) is 8.33. The Balaban J connectivity index is 1.13. The molecule has 252 valence electrons. The molecule has 0 bridgehead atoms. The molecule has 0 aliphatic carbocycles. The highest BCUT2D eigenvalue weighted by molar-refractivity contribution is 6.16. The van der Waals surface area contributed by atoms with E-state index in [1.807, 2.05) is 0 Å². The molecule has 0 spiro atoms. The maximum atomic E-state index is 6.34. The van der Waals surface area contributed by atoms with E-state index in [2.05, 4.69) is 205 Å². The molecule has 0 saturated carbocycles. The molecule has 1 heterocycles. The van der Waals surface area contributed by atoms with Gasteiger partial charge in [0, 0.05) is 27.4 Å². The molecule has 0 unspecified atom stereocenters. The summed E-state index contributed by atoms with van der Waals surface area (Å²) in [6, 6.07) is 72.5. The summed E-state index contributed by atoms with van der Waals surface area (Å²) in [6.45, 7) is 0. The quantitative estimate of drug-likeness (QED) is 0.168. The third-order valence-electron chi connectivity index (χ3n) is 11.0. The van der Waals surface area contributed by atoms with Crippen molar-refractivity contribution in [3.8, 4) is 22.3 Å². The number of hydrogen-bond donors (Lipinski definition) is 0. The van der Waals surface area contributed by atoms with Crippen LogP contribution in [-0.2, 0) is 0 Å². The predicted molar refractivity (Wildman–Crippen MR) is 229 cm³/mol. The maximum absolute atomic E-state index is 6.34.